The first-order valence-corrected chi connectivity index (χ1v) is 19.5. The zero-order chi connectivity index (χ0) is 36.7. The molecular formula is C56H34. The van der Waals surface area contributed by atoms with E-state index in [-0.39, 0.29) is 0 Å². The van der Waals surface area contributed by atoms with Gasteiger partial charge in [0.1, 0.15) is 0 Å². The van der Waals surface area contributed by atoms with Gasteiger partial charge in [0.05, 0.1) is 0 Å². The monoisotopic (exact) mass is 706 g/mol. The minimum Gasteiger partial charge on any atom is -0.0622 e. The van der Waals surface area contributed by atoms with Crippen LogP contribution in [0.5, 0.6) is 0 Å². The van der Waals surface area contributed by atoms with E-state index in [0.29, 0.717) is 0 Å². The van der Waals surface area contributed by atoms with Crippen molar-refractivity contribution >= 4 is 64.6 Å². The Hall–Kier alpha value is -7.28. The van der Waals surface area contributed by atoms with E-state index in [0.717, 1.165) is 0 Å². The molecule has 0 heterocycles. The van der Waals surface area contributed by atoms with Crippen LogP contribution in [0.2, 0.25) is 0 Å². The normalized spacial score (nSPS) is 11.9. The zero-order valence-corrected chi connectivity index (χ0v) is 30.6. The molecule has 0 N–H and O–H groups in total. The van der Waals surface area contributed by atoms with Gasteiger partial charge in [0.25, 0.3) is 0 Å². The Balaban J connectivity index is 1.20. The van der Waals surface area contributed by atoms with Crippen LogP contribution in [0.4, 0.5) is 0 Å². The van der Waals surface area contributed by atoms with E-state index in [9.17, 15) is 0 Å². The number of rotatable bonds is 5. The predicted molar refractivity (Wildman–Crippen MR) is 241 cm³/mol. The topological polar surface area (TPSA) is 0 Å². The van der Waals surface area contributed by atoms with Crippen molar-refractivity contribution in [2.45, 2.75) is 0 Å². The Labute approximate surface area is 325 Å². The van der Waals surface area contributed by atoms with Crippen LogP contribution in [-0.4, -0.2) is 0 Å². The van der Waals surface area contributed by atoms with Gasteiger partial charge in [0.15, 0.2) is 0 Å². The molecule has 0 radical (unpaired) electrons. The van der Waals surface area contributed by atoms with E-state index >= 15 is 0 Å². The van der Waals surface area contributed by atoms with Gasteiger partial charge in [-0.2, -0.15) is 0 Å². The molecule has 0 bridgehead atoms. The first-order valence-electron chi connectivity index (χ1n) is 19.5. The first-order chi connectivity index (χ1) is 27.8. The molecule has 0 saturated heterocycles. The fourth-order valence-electron chi connectivity index (χ4n) is 9.66. The minimum atomic E-state index is 1.21. The molecule has 258 valence electrons. The van der Waals surface area contributed by atoms with Crippen molar-refractivity contribution in [3.63, 3.8) is 0 Å². The van der Waals surface area contributed by atoms with Gasteiger partial charge in [-0.25, -0.2) is 0 Å². The van der Waals surface area contributed by atoms with Crippen molar-refractivity contribution in [2.24, 2.45) is 0 Å². The Morgan fingerprint density at radius 2 is 0.643 bits per heavy atom. The highest BCUT2D eigenvalue weighted by atomic mass is 14.3. The maximum atomic E-state index is 2.43. The third kappa shape index (κ3) is 4.60. The Kier molecular flexibility index (Phi) is 6.73. The standard InChI is InChI=1S/C56H34/c1-3-10-35(11-4-1)43-28-30-45(51(34-43)46-29-24-41-22-20-37-14-7-16-39-25-31-48(46)54(41)52(37)39)47-19-9-18-44(36-12-5-2-6-13-36)56(47)50-33-27-42-23-21-38-15-8-17-40-26-32-49(50)55(42)53(38)40/h1-34H. The van der Waals surface area contributed by atoms with E-state index in [4.69, 9.17) is 0 Å². The third-order valence-corrected chi connectivity index (χ3v) is 12.2. The summed E-state index contributed by atoms with van der Waals surface area (Å²) in [5.41, 5.74) is 12.3. The summed E-state index contributed by atoms with van der Waals surface area (Å²) in [4.78, 5) is 0. The summed E-state index contributed by atoms with van der Waals surface area (Å²) in [6, 6.07) is 76.8. The highest BCUT2D eigenvalue weighted by Gasteiger charge is 2.22. The van der Waals surface area contributed by atoms with Gasteiger partial charge in [0, 0.05) is 0 Å². The van der Waals surface area contributed by atoms with E-state index in [1.165, 1.54) is 120 Å². The lowest BCUT2D eigenvalue weighted by atomic mass is 9.81. The summed E-state index contributed by atoms with van der Waals surface area (Å²) in [5.74, 6) is 0. The van der Waals surface area contributed by atoms with Gasteiger partial charge in [-0.1, -0.05) is 200 Å². The highest BCUT2D eigenvalue weighted by Crippen LogP contribution is 2.49. The minimum absolute atomic E-state index is 1.21. The third-order valence-electron chi connectivity index (χ3n) is 12.2. The van der Waals surface area contributed by atoms with E-state index in [1.807, 2.05) is 0 Å². The van der Waals surface area contributed by atoms with Crippen LogP contribution in [0.1, 0.15) is 0 Å². The molecule has 0 aromatic heterocycles. The van der Waals surface area contributed by atoms with Crippen molar-refractivity contribution in [1.82, 2.24) is 0 Å². The molecule has 12 rings (SSSR count). The summed E-state index contributed by atoms with van der Waals surface area (Å²) in [7, 11) is 0. The predicted octanol–water partition coefficient (Wildman–Crippen LogP) is 15.8. The molecule has 0 amide bonds. The van der Waals surface area contributed by atoms with Gasteiger partial charge in [-0.15, -0.1) is 0 Å². The lowest BCUT2D eigenvalue weighted by molar-refractivity contribution is 1.56. The lowest BCUT2D eigenvalue weighted by Gasteiger charge is -2.22. The van der Waals surface area contributed by atoms with Gasteiger partial charge in [0.2, 0.25) is 0 Å². The smallest absolute Gasteiger partial charge is 0.00204 e. The Bertz CT molecular complexity index is 3410. The fourth-order valence-corrected chi connectivity index (χ4v) is 9.66. The number of hydrogen-bond acceptors (Lipinski definition) is 0. The SMILES string of the molecule is c1ccc(-c2ccc(-c3cccc(-c4ccccc4)c3-c3ccc4ccc5cccc6ccc3c4c56)c(-c3ccc4ccc5cccc6ccc3c4c56)c2)cc1. The van der Waals surface area contributed by atoms with Crippen molar-refractivity contribution in [3.8, 4) is 55.6 Å². The van der Waals surface area contributed by atoms with Gasteiger partial charge in [-0.3, -0.25) is 0 Å². The largest absolute Gasteiger partial charge is 0.0622 e. The fraction of sp³-hybridized carbons (Fsp3) is 0. The van der Waals surface area contributed by atoms with E-state index < -0.39 is 0 Å². The molecular weight excluding hydrogens is 673 g/mol. The van der Waals surface area contributed by atoms with Gasteiger partial charge < -0.3 is 0 Å². The zero-order valence-electron chi connectivity index (χ0n) is 30.6. The average Bonchev–Trinajstić information content (AvgIpc) is 3.27. The van der Waals surface area contributed by atoms with Gasteiger partial charge in [-0.05, 0) is 126 Å². The maximum absolute atomic E-state index is 2.43. The lowest BCUT2D eigenvalue weighted by Crippen LogP contribution is -1.96. The van der Waals surface area contributed by atoms with Crippen LogP contribution in [0, 0.1) is 0 Å². The average molecular weight is 707 g/mol. The van der Waals surface area contributed by atoms with Crippen molar-refractivity contribution in [1.29, 1.82) is 0 Å². The number of benzene rings is 12. The second-order valence-electron chi connectivity index (χ2n) is 15.2. The van der Waals surface area contributed by atoms with Gasteiger partial charge >= 0.3 is 0 Å². The Morgan fingerprint density at radius 1 is 0.196 bits per heavy atom. The summed E-state index contributed by atoms with van der Waals surface area (Å²) in [6.07, 6.45) is 0. The summed E-state index contributed by atoms with van der Waals surface area (Å²) < 4.78 is 0. The molecule has 0 unspecified atom stereocenters. The molecule has 12 aromatic rings. The Morgan fingerprint density at radius 3 is 1.25 bits per heavy atom. The molecule has 0 nitrogen and oxygen atoms in total. The van der Waals surface area contributed by atoms with Crippen LogP contribution < -0.4 is 0 Å². The van der Waals surface area contributed by atoms with Crippen LogP contribution in [0.3, 0.4) is 0 Å². The molecule has 0 fully saturated rings. The van der Waals surface area contributed by atoms with Crippen LogP contribution in [0.15, 0.2) is 206 Å². The second kappa shape index (κ2) is 12.1. The van der Waals surface area contributed by atoms with Crippen LogP contribution >= 0.6 is 0 Å². The molecule has 56 heavy (non-hydrogen) atoms. The molecule has 0 atom stereocenters. The van der Waals surface area contributed by atoms with Crippen LogP contribution in [0.25, 0.3) is 120 Å². The first kappa shape index (κ1) is 31.1. The second-order valence-corrected chi connectivity index (χ2v) is 15.2. The van der Waals surface area contributed by atoms with Crippen LogP contribution in [-0.2, 0) is 0 Å². The van der Waals surface area contributed by atoms with E-state index in [1.54, 1.807) is 0 Å². The summed E-state index contributed by atoms with van der Waals surface area (Å²) in [5, 5.41) is 15.6. The summed E-state index contributed by atoms with van der Waals surface area (Å²) >= 11 is 0. The molecule has 0 aliphatic heterocycles. The molecule has 0 saturated carbocycles. The number of hydrogen-bond donors (Lipinski definition) is 0. The summed E-state index contributed by atoms with van der Waals surface area (Å²) in [6.45, 7) is 0. The maximum Gasteiger partial charge on any atom is -0.00204 e. The van der Waals surface area contributed by atoms with Crippen molar-refractivity contribution < 1.29 is 0 Å². The molecule has 0 heteroatoms. The van der Waals surface area contributed by atoms with E-state index in [2.05, 4.69) is 206 Å². The highest BCUT2D eigenvalue weighted by molar-refractivity contribution is 6.28. The molecule has 12 aromatic carbocycles. The quantitative estimate of drug-likeness (QED) is 0.156. The van der Waals surface area contributed by atoms with Crippen molar-refractivity contribution in [2.75, 3.05) is 0 Å². The molecule has 0 aliphatic carbocycles. The molecule has 0 aliphatic rings. The molecule has 0 spiro atoms. The van der Waals surface area contributed by atoms with Crippen molar-refractivity contribution in [3.05, 3.63) is 206 Å².